The fraction of sp³-hybridized carbons (Fsp3) is 0.294. The van der Waals surface area contributed by atoms with Gasteiger partial charge in [-0.05, 0) is 23.8 Å². The van der Waals surface area contributed by atoms with E-state index < -0.39 is 0 Å². The molecular formula is C17H18ClN7. The van der Waals surface area contributed by atoms with Crippen molar-refractivity contribution in [3.8, 4) is 0 Å². The lowest BCUT2D eigenvalue weighted by atomic mass is 10.2. The Labute approximate surface area is 150 Å². The largest absolute Gasteiger partial charge is 0.384 e. The number of anilines is 2. The first-order valence-electron chi connectivity index (χ1n) is 8.14. The summed E-state index contributed by atoms with van der Waals surface area (Å²) in [5.74, 6) is 1.39. The van der Waals surface area contributed by atoms with Crippen LogP contribution in [0.4, 0.5) is 11.6 Å². The molecule has 7 nitrogen and oxygen atoms in total. The first-order valence-corrected chi connectivity index (χ1v) is 8.52. The van der Waals surface area contributed by atoms with Gasteiger partial charge in [0.2, 0.25) is 0 Å². The van der Waals surface area contributed by atoms with Crippen molar-refractivity contribution >= 4 is 34.3 Å². The van der Waals surface area contributed by atoms with Crippen molar-refractivity contribution < 1.29 is 0 Å². The quantitative estimate of drug-likeness (QED) is 0.719. The van der Waals surface area contributed by atoms with Gasteiger partial charge in [0.15, 0.2) is 5.65 Å². The van der Waals surface area contributed by atoms with E-state index in [2.05, 4.69) is 29.7 Å². The van der Waals surface area contributed by atoms with E-state index in [-0.39, 0.29) is 0 Å². The maximum atomic E-state index is 5.84. The zero-order valence-corrected chi connectivity index (χ0v) is 14.4. The molecular weight excluding hydrogens is 338 g/mol. The summed E-state index contributed by atoms with van der Waals surface area (Å²) in [6.45, 7) is 4.59. The van der Waals surface area contributed by atoms with Crippen LogP contribution < -0.4 is 10.6 Å². The third-order valence-electron chi connectivity index (χ3n) is 4.36. The summed E-state index contributed by atoms with van der Waals surface area (Å²) in [5.41, 5.74) is 7.56. The predicted molar refractivity (Wildman–Crippen MR) is 98.5 cm³/mol. The topological polar surface area (TPSA) is 84.1 Å². The van der Waals surface area contributed by atoms with Gasteiger partial charge in [-0.3, -0.25) is 4.90 Å². The van der Waals surface area contributed by atoms with Crippen LogP contribution in [0.25, 0.3) is 11.0 Å². The molecule has 0 bridgehead atoms. The van der Waals surface area contributed by atoms with E-state index in [1.165, 1.54) is 5.56 Å². The number of pyridine rings is 2. The summed E-state index contributed by atoms with van der Waals surface area (Å²) in [4.78, 5) is 21.8. The Morgan fingerprint density at radius 1 is 1.00 bits per heavy atom. The van der Waals surface area contributed by atoms with Crippen LogP contribution in [0.2, 0.25) is 5.15 Å². The number of hydrogen-bond acceptors (Lipinski definition) is 7. The van der Waals surface area contributed by atoms with Crippen LogP contribution >= 0.6 is 11.6 Å². The molecule has 0 unspecified atom stereocenters. The molecule has 1 aliphatic rings. The number of fused-ring (bicyclic) bond motifs is 1. The first-order chi connectivity index (χ1) is 12.2. The number of nitrogens with two attached hydrogens (primary N) is 1. The molecule has 3 aromatic rings. The Hall–Kier alpha value is -2.51. The van der Waals surface area contributed by atoms with Crippen LogP contribution in [-0.2, 0) is 6.54 Å². The number of piperazine rings is 1. The number of nitrogen functional groups attached to an aromatic ring is 1. The molecule has 4 rings (SSSR count). The standard InChI is InChI=1S/C17H18ClN7/c18-14-3-1-12(9-20-14)10-24-5-7-25(8-6-24)17-13-2-4-15(19)23-16(13)21-11-22-17/h1-4,9,11H,5-8,10H2,(H2,19,21,22,23). The second-order valence-corrected chi connectivity index (χ2v) is 6.44. The predicted octanol–water partition coefficient (Wildman–Crippen LogP) is 1.98. The fourth-order valence-corrected chi connectivity index (χ4v) is 3.18. The molecule has 8 heteroatoms. The molecule has 0 saturated carbocycles. The molecule has 1 saturated heterocycles. The number of halogens is 1. The second kappa shape index (κ2) is 6.78. The van der Waals surface area contributed by atoms with Crippen molar-refractivity contribution in [2.45, 2.75) is 6.54 Å². The van der Waals surface area contributed by atoms with Gasteiger partial charge in [-0.1, -0.05) is 17.7 Å². The molecule has 0 amide bonds. The molecule has 128 valence electrons. The van der Waals surface area contributed by atoms with Crippen molar-refractivity contribution in [3.05, 3.63) is 47.5 Å². The van der Waals surface area contributed by atoms with Crippen molar-refractivity contribution in [1.29, 1.82) is 0 Å². The smallest absolute Gasteiger partial charge is 0.166 e. The highest BCUT2D eigenvalue weighted by atomic mass is 35.5. The lowest BCUT2D eigenvalue weighted by molar-refractivity contribution is 0.249. The molecule has 2 N–H and O–H groups in total. The maximum absolute atomic E-state index is 5.84. The van der Waals surface area contributed by atoms with E-state index in [1.807, 2.05) is 24.4 Å². The fourth-order valence-electron chi connectivity index (χ4n) is 3.07. The minimum atomic E-state index is 0.471. The molecule has 1 aliphatic heterocycles. The zero-order chi connectivity index (χ0) is 17.2. The Bertz CT molecular complexity index is 876. The van der Waals surface area contributed by atoms with Crippen molar-refractivity contribution in [1.82, 2.24) is 24.8 Å². The molecule has 25 heavy (non-hydrogen) atoms. The summed E-state index contributed by atoms with van der Waals surface area (Å²) in [7, 11) is 0. The van der Waals surface area contributed by atoms with Crippen LogP contribution in [0.1, 0.15) is 5.56 Å². The minimum absolute atomic E-state index is 0.471. The SMILES string of the molecule is Nc1ccc2c(N3CCN(Cc4ccc(Cl)nc4)CC3)ncnc2n1. The van der Waals surface area contributed by atoms with Gasteiger partial charge in [0.25, 0.3) is 0 Å². The van der Waals surface area contributed by atoms with Gasteiger partial charge in [-0.15, -0.1) is 0 Å². The lowest BCUT2D eigenvalue weighted by Gasteiger charge is -2.35. The van der Waals surface area contributed by atoms with Gasteiger partial charge in [-0.2, -0.15) is 0 Å². The van der Waals surface area contributed by atoms with Crippen LogP contribution in [0.15, 0.2) is 36.8 Å². The third-order valence-corrected chi connectivity index (χ3v) is 4.59. The van der Waals surface area contributed by atoms with E-state index in [0.717, 1.165) is 43.9 Å². The molecule has 0 spiro atoms. The summed E-state index contributed by atoms with van der Waals surface area (Å²) in [6.07, 6.45) is 3.39. The summed E-state index contributed by atoms with van der Waals surface area (Å²) < 4.78 is 0. The average molecular weight is 356 g/mol. The van der Waals surface area contributed by atoms with Gasteiger partial charge in [0.1, 0.15) is 23.1 Å². The minimum Gasteiger partial charge on any atom is -0.384 e. The van der Waals surface area contributed by atoms with Gasteiger partial charge >= 0.3 is 0 Å². The first kappa shape index (κ1) is 16.0. The highest BCUT2D eigenvalue weighted by molar-refractivity contribution is 6.29. The molecule has 0 radical (unpaired) electrons. The highest BCUT2D eigenvalue weighted by Gasteiger charge is 2.20. The number of aromatic nitrogens is 4. The Morgan fingerprint density at radius 2 is 1.84 bits per heavy atom. The molecule has 0 atom stereocenters. The van der Waals surface area contributed by atoms with Crippen LogP contribution in [0, 0.1) is 0 Å². The molecule has 0 aliphatic carbocycles. The van der Waals surface area contributed by atoms with Crippen molar-refractivity contribution in [3.63, 3.8) is 0 Å². The number of nitrogens with zero attached hydrogens (tertiary/aromatic N) is 6. The van der Waals surface area contributed by atoms with Crippen molar-refractivity contribution in [2.24, 2.45) is 0 Å². The van der Waals surface area contributed by atoms with E-state index >= 15 is 0 Å². The monoisotopic (exact) mass is 355 g/mol. The van der Waals surface area contributed by atoms with E-state index in [4.69, 9.17) is 17.3 Å². The van der Waals surface area contributed by atoms with Crippen LogP contribution in [-0.4, -0.2) is 51.0 Å². The average Bonchev–Trinajstić information content (AvgIpc) is 2.63. The second-order valence-electron chi connectivity index (χ2n) is 6.06. The van der Waals surface area contributed by atoms with Gasteiger partial charge in [0.05, 0.1) is 5.39 Å². The Morgan fingerprint density at radius 3 is 2.60 bits per heavy atom. The number of rotatable bonds is 3. The number of hydrogen-bond donors (Lipinski definition) is 1. The Kier molecular flexibility index (Phi) is 4.33. The molecule has 4 heterocycles. The van der Waals surface area contributed by atoms with Crippen molar-refractivity contribution in [2.75, 3.05) is 36.8 Å². The van der Waals surface area contributed by atoms with E-state index in [9.17, 15) is 0 Å². The lowest BCUT2D eigenvalue weighted by Crippen LogP contribution is -2.46. The van der Waals surface area contributed by atoms with Gasteiger partial charge in [-0.25, -0.2) is 19.9 Å². The molecule has 0 aromatic carbocycles. The maximum Gasteiger partial charge on any atom is 0.166 e. The van der Waals surface area contributed by atoms with Crippen LogP contribution in [0.5, 0.6) is 0 Å². The third kappa shape index (κ3) is 3.47. The van der Waals surface area contributed by atoms with Crippen LogP contribution in [0.3, 0.4) is 0 Å². The summed E-state index contributed by atoms with van der Waals surface area (Å²) >= 11 is 5.84. The summed E-state index contributed by atoms with van der Waals surface area (Å²) in [5, 5.41) is 1.46. The van der Waals surface area contributed by atoms with E-state index in [0.29, 0.717) is 16.6 Å². The van der Waals surface area contributed by atoms with E-state index in [1.54, 1.807) is 12.4 Å². The molecule has 3 aromatic heterocycles. The van der Waals surface area contributed by atoms with Gasteiger partial charge < -0.3 is 10.6 Å². The Balaban J connectivity index is 1.46. The summed E-state index contributed by atoms with van der Waals surface area (Å²) in [6, 6.07) is 7.59. The highest BCUT2D eigenvalue weighted by Crippen LogP contribution is 2.23. The molecule has 1 fully saturated rings. The zero-order valence-electron chi connectivity index (χ0n) is 13.6. The van der Waals surface area contributed by atoms with Gasteiger partial charge in [0, 0.05) is 38.9 Å². The normalized spacial score (nSPS) is 15.6.